The average molecular weight is 303 g/mol. The van der Waals surface area contributed by atoms with Crippen molar-refractivity contribution in [1.29, 1.82) is 0 Å². The molecule has 0 saturated carbocycles. The fourth-order valence-corrected chi connectivity index (χ4v) is 2.95. The Morgan fingerprint density at radius 3 is 2.27 bits per heavy atom. The summed E-state index contributed by atoms with van der Waals surface area (Å²) >= 11 is 0. The normalized spacial score (nSPS) is 16.8. The molecule has 1 saturated heterocycles. The minimum absolute atomic E-state index is 0.172. The third kappa shape index (κ3) is 4.57. The van der Waals surface area contributed by atoms with E-state index in [9.17, 15) is 4.79 Å². The SMILES string of the molecule is CC(C)(C)c1ccc(CCC(=O)N2CCC(CO)CC2)cc1. The third-order valence-corrected chi connectivity index (χ3v) is 4.67. The highest BCUT2D eigenvalue weighted by Gasteiger charge is 2.22. The van der Waals surface area contributed by atoms with Gasteiger partial charge in [-0.3, -0.25) is 4.79 Å². The maximum atomic E-state index is 12.3. The zero-order chi connectivity index (χ0) is 16.2. The molecule has 1 amide bonds. The van der Waals surface area contributed by atoms with Gasteiger partial charge in [-0.2, -0.15) is 0 Å². The van der Waals surface area contributed by atoms with E-state index in [1.54, 1.807) is 0 Å². The monoisotopic (exact) mass is 303 g/mol. The number of nitrogens with zero attached hydrogens (tertiary/aromatic N) is 1. The second-order valence-electron chi connectivity index (χ2n) is 7.45. The second-order valence-corrected chi connectivity index (χ2v) is 7.45. The molecule has 0 aromatic heterocycles. The van der Waals surface area contributed by atoms with Gasteiger partial charge in [0.05, 0.1) is 0 Å². The van der Waals surface area contributed by atoms with Crippen molar-refractivity contribution in [2.24, 2.45) is 5.92 Å². The third-order valence-electron chi connectivity index (χ3n) is 4.67. The van der Waals surface area contributed by atoms with E-state index in [2.05, 4.69) is 45.0 Å². The zero-order valence-electron chi connectivity index (χ0n) is 14.1. The van der Waals surface area contributed by atoms with Crippen molar-refractivity contribution in [1.82, 2.24) is 4.90 Å². The van der Waals surface area contributed by atoms with Gasteiger partial charge in [-0.15, -0.1) is 0 Å². The van der Waals surface area contributed by atoms with E-state index in [1.165, 1.54) is 11.1 Å². The highest BCUT2D eigenvalue weighted by molar-refractivity contribution is 5.76. The number of benzene rings is 1. The van der Waals surface area contributed by atoms with E-state index in [4.69, 9.17) is 5.11 Å². The van der Waals surface area contributed by atoms with Crippen molar-refractivity contribution in [3.8, 4) is 0 Å². The topological polar surface area (TPSA) is 40.5 Å². The number of hydrogen-bond donors (Lipinski definition) is 1. The number of piperidine rings is 1. The van der Waals surface area contributed by atoms with E-state index >= 15 is 0 Å². The first-order valence-electron chi connectivity index (χ1n) is 8.38. The molecule has 0 atom stereocenters. The van der Waals surface area contributed by atoms with Crippen LogP contribution >= 0.6 is 0 Å². The summed E-state index contributed by atoms with van der Waals surface area (Å²) in [4.78, 5) is 14.2. The first-order chi connectivity index (χ1) is 10.4. The Bertz CT molecular complexity index is 479. The Kier molecular flexibility index (Phi) is 5.63. The lowest BCUT2D eigenvalue weighted by molar-refractivity contribution is -0.132. The largest absolute Gasteiger partial charge is 0.396 e. The lowest BCUT2D eigenvalue weighted by atomic mass is 9.86. The molecule has 1 aromatic rings. The van der Waals surface area contributed by atoms with Gasteiger partial charge in [-0.1, -0.05) is 45.0 Å². The summed E-state index contributed by atoms with van der Waals surface area (Å²) in [7, 11) is 0. The Morgan fingerprint density at radius 2 is 1.77 bits per heavy atom. The fourth-order valence-electron chi connectivity index (χ4n) is 2.95. The molecule has 1 N–H and O–H groups in total. The summed E-state index contributed by atoms with van der Waals surface area (Å²) in [6, 6.07) is 8.64. The van der Waals surface area contributed by atoms with Crippen LogP contribution in [0.2, 0.25) is 0 Å². The molecule has 2 rings (SSSR count). The van der Waals surface area contributed by atoms with E-state index in [-0.39, 0.29) is 17.9 Å². The highest BCUT2D eigenvalue weighted by Crippen LogP contribution is 2.23. The maximum Gasteiger partial charge on any atom is 0.222 e. The van der Waals surface area contributed by atoms with Crippen LogP contribution in [0.5, 0.6) is 0 Å². The summed E-state index contributed by atoms with van der Waals surface area (Å²) in [5.74, 6) is 0.630. The molecular formula is C19H29NO2. The number of rotatable bonds is 4. The van der Waals surface area contributed by atoms with E-state index < -0.39 is 0 Å². The summed E-state index contributed by atoms with van der Waals surface area (Å²) in [5.41, 5.74) is 2.73. The number of carbonyl (C=O) groups excluding carboxylic acids is 1. The number of aryl methyl sites for hydroxylation is 1. The van der Waals surface area contributed by atoms with Crippen molar-refractivity contribution < 1.29 is 9.90 Å². The van der Waals surface area contributed by atoms with Gasteiger partial charge in [0.1, 0.15) is 0 Å². The van der Waals surface area contributed by atoms with Gasteiger partial charge < -0.3 is 10.0 Å². The molecule has 0 bridgehead atoms. The molecular weight excluding hydrogens is 274 g/mol. The van der Waals surface area contributed by atoms with Gasteiger partial charge in [0.25, 0.3) is 0 Å². The Morgan fingerprint density at radius 1 is 1.18 bits per heavy atom. The van der Waals surface area contributed by atoms with E-state index in [0.717, 1.165) is 32.4 Å². The molecule has 0 radical (unpaired) electrons. The number of aliphatic hydroxyl groups excluding tert-OH is 1. The summed E-state index contributed by atoms with van der Waals surface area (Å²) < 4.78 is 0. The van der Waals surface area contributed by atoms with Crippen molar-refractivity contribution in [2.75, 3.05) is 19.7 Å². The van der Waals surface area contributed by atoms with Crippen LogP contribution in [0.15, 0.2) is 24.3 Å². The van der Waals surface area contributed by atoms with Crippen LogP contribution < -0.4 is 0 Å². The van der Waals surface area contributed by atoms with Gasteiger partial charge >= 0.3 is 0 Å². The van der Waals surface area contributed by atoms with Crippen molar-refractivity contribution in [3.05, 3.63) is 35.4 Å². The Labute approximate surface area is 134 Å². The summed E-state index contributed by atoms with van der Waals surface area (Å²) in [6.07, 6.45) is 3.26. The Balaban J connectivity index is 1.81. The van der Waals surface area contributed by atoms with Crippen LogP contribution in [0.25, 0.3) is 0 Å². The quantitative estimate of drug-likeness (QED) is 0.928. The maximum absolute atomic E-state index is 12.3. The molecule has 1 heterocycles. The van der Waals surface area contributed by atoms with E-state index in [1.807, 2.05) is 4.90 Å². The van der Waals surface area contributed by atoms with Crippen molar-refractivity contribution >= 4 is 5.91 Å². The van der Waals surface area contributed by atoms with Crippen LogP contribution in [-0.2, 0) is 16.6 Å². The molecule has 0 aliphatic carbocycles. The van der Waals surface area contributed by atoms with Gasteiger partial charge in [-0.05, 0) is 41.7 Å². The minimum Gasteiger partial charge on any atom is -0.396 e. The van der Waals surface area contributed by atoms with Crippen LogP contribution in [0.4, 0.5) is 0 Å². The molecule has 3 heteroatoms. The lowest BCUT2D eigenvalue weighted by Gasteiger charge is -2.31. The fraction of sp³-hybridized carbons (Fsp3) is 0.632. The predicted molar refractivity (Wildman–Crippen MR) is 89.9 cm³/mol. The number of amides is 1. The number of aliphatic hydroxyl groups is 1. The molecule has 0 spiro atoms. The molecule has 122 valence electrons. The molecule has 1 aliphatic rings. The molecule has 1 aromatic carbocycles. The van der Waals surface area contributed by atoms with Crippen LogP contribution in [0, 0.1) is 5.92 Å². The van der Waals surface area contributed by atoms with Gasteiger partial charge in [0.15, 0.2) is 0 Å². The van der Waals surface area contributed by atoms with Gasteiger partial charge in [-0.25, -0.2) is 0 Å². The van der Waals surface area contributed by atoms with Crippen LogP contribution in [0.3, 0.4) is 0 Å². The number of likely N-dealkylation sites (tertiary alicyclic amines) is 1. The van der Waals surface area contributed by atoms with Crippen molar-refractivity contribution in [3.63, 3.8) is 0 Å². The minimum atomic E-state index is 0.172. The molecule has 22 heavy (non-hydrogen) atoms. The molecule has 1 fully saturated rings. The molecule has 3 nitrogen and oxygen atoms in total. The van der Waals surface area contributed by atoms with Crippen molar-refractivity contribution in [2.45, 2.75) is 51.9 Å². The molecule has 1 aliphatic heterocycles. The van der Waals surface area contributed by atoms with E-state index in [0.29, 0.717) is 12.3 Å². The zero-order valence-corrected chi connectivity index (χ0v) is 14.1. The Hall–Kier alpha value is -1.35. The molecule has 0 unspecified atom stereocenters. The van der Waals surface area contributed by atoms with Crippen LogP contribution in [0.1, 0.15) is 51.2 Å². The number of hydrogen-bond acceptors (Lipinski definition) is 2. The summed E-state index contributed by atoms with van der Waals surface area (Å²) in [5, 5.41) is 9.14. The predicted octanol–water partition coefficient (Wildman–Crippen LogP) is 3.15. The average Bonchev–Trinajstić information content (AvgIpc) is 2.52. The van der Waals surface area contributed by atoms with Gasteiger partial charge in [0, 0.05) is 26.1 Å². The standard InChI is InChI=1S/C19H29NO2/c1-19(2,3)17-7-4-15(5-8-17)6-9-18(22)20-12-10-16(14-21)11-13-20/h4-5,7-8,16,21H,6,9-14H2,1-3H3. The smallest absolute Gasteiger partial charge is 0.222 e. The first-order valence-corrected chi connectivity index (χ1v) is 8.38. The number of carbonyl (C=O) groups is 1. The highest BCUT2D eigenvalue weighted by atomic mass is 16.3. The summed E-state index contributed by atoms with van der Waals surface area (Å²) in [6.45, 7) is 8.48. The second kappa shape index (κ2) is 7.28. The lowest BCUT2D eigenvalue weighted by Crippen LogP contribution is -2.39. The first kappa shape index (κ1) is 17.0. The van der Waals surface area contributed by atoms with Gasteiger partial charge in [0.2, 0.25) is 5.91 Å². The van der Waals surface area contributed by atoms with Crippen LogP contribution in [-0.4, -0.2) is 35.6 Å².